The molecular formula is C8H13NS. The molecule has 0 radical (unpaired) electrons. The third-order valence-electron chi connectivity index (χ3n) is 1.05. The Balaban J connectivity index is 2.97. The lowest BCUT2D eigenvalue weighted by atomic mass is 10.1. The van der Waals surface area contributed by atoms with Crippen molar-refractivity contribution in [3.8, 4) is 0 Å². The Bertz CT molecular complexity index is 268. The second kappa shape index (κ2) is 3.15. The molecule has 0 bridgehead atoms. The second-order valence-electron chi connectivity index (χ2n) is 2.54. The molecule has 1 rings (SSSR count). The highest BCUT2D eigenvalue weighted by molar-refractivity contribution is 7.11. The fourth-order valence-electron chi connectivity index (χ4n) is 0.713. The molecule has 1 heterocycles. The first kappa shape index (κ1) is 5.30. The van der Waals surface area contributed by atoms with E-state index in [4.69, 9.17) is 2.74 Å². The van der Waals surface area contributed by atoms with Crippen LogP contribution >= 0.6 is 11.3 Å². The lowest BCUT2D eigenvalue weighted by Crippen LogP contribution is -1.89. The van der Waals surface area contributed by atoms with Gasteiger partial charge < -0.3 is 0 Å². The molecule has 0 fully saturated rings. The van der Waals surface area contributed by atoms with E-state index in [2.05, 4.69) is 4.98 Å². The summed E-state index contributed by atoms with van der Waals surface area (Å²) in [6.07, 6.45) is 0.409. The summed E-state index contributed by atoms with van der Waals surface area (Å²) in [6, 6.07) is 0. The molecule has 0 spiro atoms. The highest BCUT2D eigenvalue weighted by Crippen LogP contribution is 2.15. The molecule has 0 N–H and O–H groups in total. The van der Waals surface area contributed by atoms with Crippen molar-refractivity contribution in [2.24, 2.45) is 5.92 Å². The summed E-state index contributed by atoms with van der Waals surface area (Å²) in [6.45, 7) is 5.66. The summed E-state index contributed by atoms with van der Waals surface area (Å²) in [4.78, 5) is 4.78. The van der Waals surface area contributed by atoms with E-state index in [0.29, 0.717) is 0 Å². The molecule has 10 heavy (non-hydrogen) atoms. The molecule has 0 aromatic carbocycles. The average Bonchev–Trinajstić information content (AvgIpc) is 2.35. The van der Waals surface area contributed by atoms with Crippen molar-refractivity contribution >= 4 is 11.3 Å². The van der Waals surface area contributed by atoms with E-state index in [-0.39, 0.29) is 5.92 Å². The molecule has 0 saturated heterocycles. The Hall–Kier alpha value is -0.370. The van der Waals surface area contributed by atoms with E-state index in [9.17, 15) is 0 Å². The van der Waals surface area contributed by atoms with Crippen molar-refractivity contribution in [3.63, 3.8) is 0 Å². The molecule has 0 atom stereocenters. The van der Waals surface area contributed by atoms with Gasteiger partial charge in [0.1, 0.15) is 0 Å². The second-order valence-corrected chi connectivity index (χ2v) is 3.78. The van der Waals surface area contributed by atoms with Crippen LogP contribution in [0.15, 0.2) is 6.20 Å². The summed E-state index contributed by atoms with van der Waals surface area (Å²) in [5, 5.41) is 0.925. The van der Waals surface area contributed by atoms with Crippen LogP contribution in [0.5, 0.6) is 0 Å². The fraction of sp³-hybridized carbons (Fsp3) is 0.625. The van der Waals surface area contributed by atoms with Gasteiger partial charge in [0.15, 0.2) is 0 Å². The first-order chi connectivity index (χ1) is 5.44. The molecule has 0 amide bonds. The minimum absolute atomic E-state index is 0.00245. The van der Waals surface area contributed by atoms with Gasteiger partial charge in [0.2, 0.25) is 0 Å². The average molecular weight is 157 g/mol. The Kier molecular flexibility index (Phi) is 1.67. The van der Waals surface area contributed by atoms with Crippen LogP contribution < -0.4 is 0 Å². The van der Waals surface area contributed by atoms with Crippen LogP contribution in [0, 0.1) is 12.8 Å². The van der Waals surface area contributed by atoms with E-state index in [1.807, 2.05) is 20.8 Å². The van der Waals surface area contributed by atoms with Gasteiger partial charge in [0.25, 0.3) is 0 Å². The van der Waals surface area contributed by atoms with Crippen LogP contribution in [-0.2, 0) is 6.37 Å². The first-order valence-corrected chi connectivity index (χ1v) is 4.19. The molecule has 1 aromatic heterocycles. The molecule has 0 unspecified atom stereocenters. The standard InChI is InChI=1S/C8H13NS/c1-6(2)4-8-5-9-7(3)10-8/h5-6H,4H2,1-3H3/i4D2. The quantitative estimate of drug-likeness (QED) is 0.643. The number of thiazole rings is 1. The SMILES string of the molecule is [2H]C([2H])(c1cnc(C)s1)C(C)C. The molecule has 0 saturated carbocycles. The Morgan fingerprint density at radius 2 is 2.50 bits per heavy atom. The predicted molar refractivity (Wildman–Crippen MR) is 45.4 cm³/mol. The summed E-state index contributed by atoms with van der Waals surface area (Å²) < 4.78 is 15.5. The van der Waals surface area contributed by atoms with E-state index in [1.54, 1.807) is 6.20 Å². The van der Waals surface area contributed by atoms with Crippen LogP contribution in [-0.4, -0.2) is 4.98 Å². The largest absolute Gasteiger partial charge is 0.250 e. The van der Waals surface area contributed by atoms with Crippen LogP contribution in [0.3, 0.4) is 0 Å². The Morgan fingerprint density at radius 3 is 2.90 bits per heavy atom. The molecule has 1 aromatic rings. The van der Waals surface area contributed by atoms with E-state index >= 15 is 0 Å². The fourth-order valence-corrected chi connectivity index (χ4v) is 1.54. The van der Waals surface area contributed by atoms with Gasteiger partial charge in [-0.1, -0.05) is 13.8 Å². The third-order valence-corrected chi connectivity index (χ3v) is 1.90. The van der Waals surface area contributed by atoms with Gasteiger partial charge >= 0.3 is 0 Å². The molecule has 56 valence electrons. The molecular weight excluding hydrogens is 142 g/mol. The zero-order valence-electron chi connectivity index (χ0n) is 8.51. The van der Waals surface area contributed by atoms with Gasteiger partial charge in [-0.3, -0.25) is 0 Å². The van der Waals surface area contributed by atoms with E-state index < -0.39 is 6.37 Å². The van der Waals surface area contributed by atoms with Crippen molar-refractivity contribution in [1.82, 2.24) is 4.98 Å². The lowest BCUT2D eigenvalue weighted by molar-refractivity contribution is 0.653. The number of hydrogen-bond acceptors (Lipinski definition) is 2. The minimum atomic E-state index is -1.23. The predicted octanol–water partition coefficient (Wildman–Crippen LogP) is 2.65. The van der Waals surface area contributed by atoms with Gasteiger partial charge in [-0.25, -0.2) is 4.98 Å². The van der Waals surface area contributed by atoms with Crippen molar-refractivity contribution in [1.29, 1.82) is 0 Å². The maximum Gasteiger partial charge on any atom is 0.0896 e. The summed E-state index contributed by atoms with van der Waals surface area (Å²) in [5.41, 5.74) is 0. The monoisotopic (exact) mass is 157 g/mol. The smallest absolute Gasteiger partial charge is 0.0896 e. The van der Waals surface area contributed by atoms with Crippen LogP contribution in [0.25, 0.3) is 0 Å². The van der Waals surface area contributed by atoms with Gasteiger partial charge in [0, 0.05) is 13.8 Å². The Morgan fingerprint density at radius 1 is 1.80 bits per heavy atom. The third kappa shape index (κ3) is 2.10. The van der Waals surface area contributed by atoms with Crippen LogP contribution in [0.2, 0.25) is 0 Å². The Labute approximate surface area is 68.9 Å². The zero-order valence-corrected chi connectivity index (χ0v) is 7.33. The maximum absolute atomic E-state index is 7.77. The number of aryl methyl sites for hydroxylation is 1. The minimum Gasteiger partial charge on any atom is -0.250 e. The van der Waals surface area contributed by atoms with E-state index in [1.165, 1.54) is 11.3 Å². The van der Waals surface area contributed by atoms with Gasteiger partial charge in [-0.2, -0.15) is 0 Å². The molecule has 0 aliphatic carbocycles. The van der Waals surface area contributed by atoms with Crippen LogP contribution in [0.1, 0.15) is 26.5 Å². The normalized spacial score (nSPS) is 15.2. The van der Waals surface area contributed by atoms with Crippen molar-refractivity contribution < 1.29 is 2.74 Å². The highest BCUT2D eigenvalue weighted by Gasteiger charge is 1.99. The highest BCUT2D eigenvalue weighted by atomic mass is 32.1. The topological polar surface area (TPSA) is 12.9 Å². The van der Waals surface area contributed by atoms with Crippen molar-refractivity contribution in [2.45, 2.75) is 27.1 Å². The molecule has 1 nitrogen and oxygen atoms in total. The van der Waals surface area contributed by atoms with Crippen molar-refractivity contribution in [3.05, 3.63) is 16.1 Å². The lowest BCUT2D eigenvalue weighted by Gasteiger charge is -1.98. The van der Waals surface area contributed by atoms with Gasteiger partial charge in [0.05, 0.1) is 5.01 Å². The zero-order chi connectivity index (χ0) is 9.35. The summed E-state index contributed by atoms with van der Waals surface area (Å²) in [5.74, 6) is -0.00245. The first-order valence-electron chi connectivity index (χ1n) is 4.37. The number of rotatable bonds is 2. The van der Waals surface area contributed by atoms with Gasteiger partial charge in [-0.05, 0) is 19.2 Å². The van der Waals surface area contributed by atoms with Gasteiger partial charge in [-0.15, -0.1) is 11.3 Å². The molecule has 2 heteroatoms. The summed E-state index contributed by atoms with van der Waals surface area (Å²) in [7, 11) is 0. The van der Waals surface area contributed by atoms with Crippen molar-refractivity contribution in [2.75, 3.05) is 0 Å². The maximum atomic E-state index is 7.77. The van der Waals surface area contributed by atoms with E-state index in [0.717, 1.165) is 9.88 Å². The molecule has 0 aliphatic heterocycles. The number of aromatic nitrogens is 1. The number of hydrogen-bond donors (Lipinski definition) is 0. The number of nitrogens with zero attached hydrogens (tertiary/aromatic N) is 1. The summed E-state index contributed by atoms with van der Waals surface area (Å²) >= 11 is 1.44. The molecule has 0 aliphatic rings. The van der Waals surface area contributed by atoms with Crippen LogP contribution in [0.4, 0.5) is 0 Å².